The second-order valence-corrected chi connectivity index (χ2v) is 7.40. The van der Waals surface area contributed by atoms with Crippen LogP contribution in [-0.4, -0.2) is 56.7 Å². The first-order valence-corrected chi connectivity index (χ1v) is 10.5. The van der Waals surface area contributed by atoms with E-state index < -0.39 is 0 Å². The highest BCUT2D eigenvalue weighted by molar-refractivity contribution is 5.81. The number of hydrogen-bond acceptors (Lipinski definition) is 3. The molecule has 28 heavy (non-hydrogen) atoms. The molecule has 0 bridgehead atoms. The fraction of sp³-hybridized carbons (Fsp3) is 0.636. The molecule has 1 amide bonds. The number of aliphatic imine (C=N–C) groups is 1. The van der Waals surface area contributed by atoms with Gasteiger partial charge in [0.1, 0.15) is 0 Å². The number of carbonyl (C=O) groups is 1. The zero-order chi connectivity index (χ0) is 20.0. The van der Waals surface area contributed by atoms with Gasteiger partial charge in [-0.15, -0.1) is 0 Å². The van der Waals surface area contributed by atoms with E-state index in [-0.39, 0.29) is 5.91 Å². The third-order valence-corrected chi connectivity index (χ3v) is 5.09. The maximum Gasteiger partial charge on any atom is 0.224 e. The molecule has 2 rings (SSSR count). The molecule has 1 aliphatic rings. The van der Waals surface area contributed by atoms with E-state index >= 15 is 0 Å². The minimum Gasteiger partial charge on any atom is -0.376 e. The van der Waals surface area contributed by atoms with E-state index in [0.29, 0.717) is 38.2 Å². The molecule has 0 aromatic heterocycles. The van der Waals surface area contributed by atoms with E-state index in [0.717, 1.165) is 12.1 Å². The monoisotopic (exact) mass is 388 g/mol. The van der Waals surface area contributed by atoms with E-state index in [2.05, 4.69) is 15.6 Å². The molecule has 0 radical (unpaired) electrons. The number of nitrogens with zero attached hydrogens (tertiary/aromatic N) is 2. The molecule has 2 N–H and O–H groups in total. The summed E-state index contributed by atoms with van der Waals surface area (Å²) in [6.45, 7) is 2.59. The van der Waals surface area contributed by atoms with E-state index in [1.165, 1.54) is 38.5 Å². The van der Waals surface area contributed by atoms with Gasteiger partial charge in [-0.3, -0.25) is 9.79 Å². The molecule has 0 heterocycles. The molecule has 1 aliphatic carbocycles. The molecular weight excluding hydrogens is 352 g/mol. The Kier molecular flexibility index (Phi) is 10.4. The molecular formula is C22H36N4O2. The fourth-order valence-electron chi connectivity index (χ4n) is 3.45. The molecule has 0 unspecified atom stereocenters. The van der Waals surface area contributed by atoms with E-state index in [1.807, 2.05) is 37.4 Å². The van der Waals surface area contributed by atoms with Crippen molar-refractivity contribution < 1.29 is 9.53 Å². The molecule has 1 aromatic rings. The van der Waals surface area contributed by atoms with E-state index in [1.54, 1.807) is 11.9 Å². The SMILES string of the molecule is CN=C(NCCOC1CCCCCC1)NCCC(=O)N(C)Cc1ccccc1. The van der Waals surface area contributed by atoms with Crippen LogP contribution in [0.15, 0.2) is 35.3 Å². The van der Waals surface area contributed by atoms with Crippen LogP contribution in [0.5, 0.6) is 0 Å². The molecule has 6 heteroatoms. The first kappa shape index (κ1) is 22.2. The summed E-state index contributed by atoms with van der Waals surface area (Å²) >= 11 is 0. The number of nitrogens with one attached hydrogen (secondary N) is 2. The smallest absolute Gasteiger partial charge is 0.224 e. The lowest BCUT2D eigenvalue weighted by Crippen LogP contribution is -2.41. The molecule has 1 fully saturated rings. The van der Waals surface area contributed by atoms with Gasteiger partial charge < -0.3 is 20.3 Å². The van der Waals surface area contributed by atoms with Gasteiger partial charge in [0.25, 0.3) is 0 Å². The zero-order valence-corrected chi connectivity index (χ0v) is 17.5. The summed E-state index contributed by atoms with van der Waals surface area (Å²) in [6.07, 6.45) is 8.47. The first-order chi connectivity index (χ1) is 13.7. The van der Waals surface area contributed by atoms with Crippen LogP contribution >= 0.6 is 0 Å². The van der Waals surface area contributed by atoms with Gasteiger partial charge in [0.05, 0.1) is 12.7 Å². The Bertz CT molecular complexity index is 583. The van der Waals surface area contributed by atoms with Gasteiger partial charge in [-0.05, 0) is 18.4 Å². The largest absolute Gasteiger partial charge is 0.376 e. The summed E-state index contributed by atoms with van der Waals surface area (Å²) < 4.78 is 5.98. The van der Waals surface area contributed by atoms with Crippen LogP contribution in [0.2, 0.25) is 0 Å². The Labute approximate surface area is 169 Å². The fourth-order valence-corrected chi connectivity index (χ4v) is 3.45. The van der Waals surface area contributed by atoms with Gasteiger partial charge >= 0.3 is 0 Å². The van der Waals surface area contributed by atoms with Crippen LogP contribution in [0.1, 0.15) is 50.5 Å². The van der Waals surface area contributed by atoms with Crippen molar-refractivity contribution in [3.63, 3.8) is 0 Å². The van der Waals surface area contributed by atoms with Crippen molar-refractivity contribution in [3.8, 4) is 0 Å². The van der Waals surface area contributed by atoms with E-state index in [9.17, 15) is 4.79 Å². The molecule has 0 aliphatic heterocycles. The van der Waals surface area contributed by atoms with Gasteiger partial charge in [0.15, 0.2) is 5.96 Å². The number of amides is 1. The van der Waals surface area contributed by atoms with Crippen LogP contribution in [0.3, 0.4) is 0 Å². The van der Waals surface area contributed by atoms with Crippen molar-refractivity contribution in [1.29, 1.82) is 0 Å². The Morgan fingerprint density at radius 1 is 1.11 bits per heavy atom. The highest BCUT2D eigenvalue weighted by atomic mass is 16.5. The second-order valence-electron chi connectivity index (χ2n) is 7.40. The normalized spacial score (nSPS) is 15.7. The Morgan fingerprint density at radius 3 is 2.46 bits per heavy atom. The molecule has 1 aromatic carbocycles. The summed E-state index contributed by atoms with van der Waals surface area (Å²) in [4.78, 5) is 18.3. The highest BCUT2D eigenvalue weighted by Gasteiger charge is 2.12. The van der Waals surface area contributed by atoms with Gasteiger partial charge in [0, 0.05) is 40.2 Å². The topological polar surface area (TPSA) is 66.0 Å². The lowest BCUT2D eigenvalue weighted by atomic mass is 10.1. The van der Waals surface area contributed by atoms with Crippen molar-refractivity contribution in [2.24, 2.45) is 4.99 Å². The summed E-state index contributed by atoms with van der Waals surface area (Å²) in [6, 6.07) is 10.0. The van der Waals surface area contributed by atoms with Crippen molar-refractivity contribution in [3.05, 3.63) is 35.9 Å². The summed E-state index contributed by atoms with van der Waals surface area (Å²) in [5.74, 6) is 0.825. The molecule has 0 atom stereocenters. The summed E-state index contributed by atoms with van der Waals surface area (Å²) in [5, 5.41) is 6.46. The van der Waals surface area contributed by atoms with Gasteiger partial charge in [-0.1, -0.05) is 56.0 Å². The molecule has 0 spiro atoms. The molecule has 6 nitrogen and oxygen atoms in total. The third kappa shape index (κ3) is 8.74. The van der Waals surface area contributed by atoms with Crippen molar-refractivity contribution in [2.45, 2.75) is 57.6 Å². The average Bonchev–Trinajstić information content (AvgIpc) is 2.99. The minimum absolute atomic E-state index is 0.114. The van der Waals surface area contributed by atoms with Crippen LogP contribution < -0.4 is 10.6 Å². The Balaban J connectivity index is 1.57. The highest BCUT2D eigenvalue weighted by Crippen LogP contribution is 2.19. The Hall–Kier alpha value is -2.08. The number of carbonyl (C=O) groups excluding carboxylic acids is 1. The van der Waals surface area contributed by atoms with Crippen LogP contribution in [-0.2, 0) is 16.1 Å². The lowest BCUT2D eigenvalue weighted by molar-refractivity contribution is -0.130. The van der Waals surface area contributed by atoms with Crippen molar-refractivity contribution >= 4 is 11.9 Å². The summed E-state index contributed by atoms with van der Waals surface area (Å²) in [7, 11) is 3.58. The van der Waals surface area contributed by atoms with Crippen molar-refractivity contribution in [2.75, 3.05) is 33.8 Å². The maximum absolute atomic E-state index is 12.3. The number of guanidine groups is 1. The summed E-state index contributed by atoms with van der Waals surface area (Å²) in [5.41, 5.74) is 1.14. The zero-order valence-electron chi connectivity index (χ0n) is 17.5. The number of hydrogen-bond donors (Lipinski definition) is 2. The van der Waals surface area contributed by atoms with Crippen molar-refractivity contribution in [1.82, 2.24) is 15.5 Å². The van der Waals surface area contributed by atoms with E-state index in [4.69, 9.17) is 4.74 Å². The molecule has 1 saturated carbocycles. The number of rotatable bonds is 9. The standard InChI is InChI=1S/C22H36N4O2/c1-23-22(25-16-17-28-20-12-8-3-4-9-13-20)24-15-14-21(27)26(2)18-19-10-6-5-7-11-19/h5-7,10-11,20H,3-4,8-9,12-18H2,1-2H3,(H2,23,24,25). The van der Waals surface area contributed by atoms with Gasteiger partial charge in [-0.25, -0.2) is 0 Å². The van der Waals surface area contributed by atoms with Crippen LogP contribution in [0.25, 0.3) is 0 Å². The van der Waals surface area contributed by atoms with Crippen LogP contribution in [0, 0.1) is 0 Å². The Morgan fingerprint density at radius 2 is 1.79 bits per heavy atom. The predicted octanol–water partition coefficient (Wildman–Crippen LogP) is 2.94. The maximum atomic E-state index is 12.3. The van der Waals surface area contributed by atoms with Gasteiger partial charge in [-0.2, -0.15) is 0 Å². The molecule has 0 saturated heterocycles. The minimum atomic E-state index is 0.114. The number of ether oxygens (including phenoxy) is 1. The van der Waals surface area contributed by atoms with Crippen LogP contribution in [0.4, 0.5) is 0 Å². The van der Waals surface area contributed by atoms with Gasteiger partial charge in [0.2, 0.25) is 5.91 Å². The first-order valence-electron chi connectivity index (χ1n) is 10.5. The third-order valence-electron chi connectivity index (χ3n) is 5.09. The second kappa shape index (κ2) is 13.2. The predicted molar refractivity (Wildman–Crippen MR) is 114 cm³/mol. The average molecular weight is 389 g/mol. The quantitative estimate of drug-likeness (QED) is 0.295. The number of benzene rings is 1. The molecule has 156 valence electrons. The lowest BCUT2D eigenvalue weighted by Gasteiger charge is -2.18.